The van der Waals surface area contributed by atoms with Crippen molar-refractivity contribution in [2.45, 2.75) is 30.4 Å². The molecule has 1 aromatic carbocycles. The first-order valence-electron chi connectivity index (χ1n) is 7.18. The van der Waals surface area contributed by atoms with Crippen LogP contribution in [-0.2, 0) is 11.2 Å². The molecule has 1 amide bonds. The number of hydrogen-bond donors (Lipinski definition) is 1. The third-order valence-electron chi connectivity index (χ3n) is 3.32. The molecule has 7 heteroatoms. The number of nitrogens with one attached hydrogen (secondary N) is 1. The molecule has 0 saturated heterocycles. The van der Waals surface area contributed by atoms with Crippen molar-refractivity contribution in [2.75, 3.05) is 12.3 Å². The first-order chi connectivity index (χ1) is 10.7. The van der Waals surface area contributed by atoms with Gasteiger partial charge in [0, 0.05) is 12.5 Å². The second kappa shape index (κ2) is 6.91. The molecule has 5 nitrogen and oxygen atoms in total. The van der Waals surface area contributed by atoms with E-state index in [9.17, 15) is 9.18 Å². The molecule has 22 heavy (non-hydrogen) atoms. The summed E-state index contributed by atoms with van der Waals surface area (Å²) in [6.07, 6.45) is 2.88. The predicted molar refractivity (Wildman–Crippen MR) is 80.1 cm³/mol. The number of carbonyl (C=O) groups is 1. The monoisotopic (exact) mass is 321 g/mol. The highest BCUT2D eigenvalue weighted by Crippen LogP contribution is 2.39. The molecule has 1 saturated carbocycles. The van der Waals surface area contributed by atoms with Gasteiger partial charge in [0.2, 0.25) is 11.8 Å². The van der Waals surface area contributed by atoms with Gasteiger partial charge < -0.3 is 9.73 Å². The van der Waals surface area contributed by atoms with E-state index in [0.717, 1.165) is 18.4 Å². The summed E-state index contributed by atoms with van der Waals surface area (Å²) in [5.74, 6) is 1.01. The summed E-state index contributed by atoms with van der Waals surface area (Å²) in [6.45, 7) is 0.516. The van der Waals surface area contributed by atoms with Crippen molar-refractivity contribution in [3.63, 3.8) is 0 Å². The van der Waals surface area contributed by atoms with E-state index in [4.69, 9.17) is 4.42 Å². The lowest BCUT2D eigenvalue weighted by Gasteiger charge is -2.04. The maximum Gasteiger partial charge on any atom is 0.277 e. The van der Waals surface area contributed by atoms with Gasteiger partial charge in [0.25, 0.3) is 5.22 Å². The predicted octanol–water partition coefficient (Wildman–Crippen LogP) is 2.54. The van der Waals surface area contributed by atoms with E-state index in [1.807, 2.05) is 0 Å². The Morgan fingerprint density at radius 2 is 2.09 bits per heavy atom. The zero-order valence-electron chi connectivity index (χ0n) is 11.9. The molecular weight excluding hydrogens is 305 g/mol. The molecule has 1 aromatic heterocycles. The first-order valence-corrected chi connectivity index (χ1v) is 8.16. The molecule has 0 unspecified atom stereocenters. The van der Waals surface area contributed by atoms with Gasteiger partial charge in [-0.25, -0.2) is 4.39 Å². The number of thioether (sulfide) groups is 1. The normalized spacial score (nSPS) is 14.0. The van der Waals surface area contributed by atoms with Crippen molar-refractivity contribution in [1.29, 1.82) is 0 Å². The summed E-state index contributed by atoms with van der Waals surface area (Å²) in [6, 6.07) is 6.27. The molecule has 2 aromatic rings. The lowest BCUT2D eigenvalue weighted by molar-refractivity contribution is -0.118. The summed E-state index contributed by atoms with van der Waals surface area (Å²) in [7, 11) is 0. The van der Waals surface area contributed by atoms with Crippen LogP contribution >= 0.6 is 11.8 Å². The number of benzene rings is 1. The average molecular weight is 321 g/mol. The molecule has 3 rings (SSSR count). The molecule has 0 radical (unpaired) electrons. The maximum atomic E-state index is 12.8. The number of hydrogen-bond acceptors (Lipinski definition) is 5. The summed E-state index contributed by atoms with van der Waals surface area (Å²) in [5, 5.41) is 11.1. The number of halogens is 1. The van der Waals surface area contributed by atoms with Crippen LogP contribution in [0.2, 0.25) is 0 Å². The molecule has 0 bridgehead atoms. The summed E-state index contributed by atoms with van der Waals surface area (Å²) in [4.78, 5) is 11.7. The van der Waals surface area contributed by atoms with Gasteiger partial charge in [-0.1, -0.05) is 23.9 Å². The molecule has 1 N–H and O–H groups in total. The smallest absolute Gasteiger partial charge is 0.277 e. The molecule has 0 aliphatic heterocycles. The Bertz CT molecular complexity index is 640. The number of carbonyl (C=O) groups excluding carboxylic acids is 1. The highest BCUT2D eigenvalue weighted by Gasteiger charge is 2.29. The Labute approximate surface area is 131 Å². The number of amides is 1. The molecule has 1 heterocycles. The van der Waals surface area contributed by atoms with Crippen molar-refractivity contribution in [3.8, 4) is 0 Å². The van der Waals surface area contributed by atoms with Crippen LogP contribution in [0.5, 0.6) is 0 Å². The number of rotatable bonds is 7. The van der Waals surface area contributed by atoms with Gasteiger partial charge in [0.1, 0.15) is 5.82 Å². The van der Waals surface area contributed by atoms with E-state index in [2.05, 4.69) is 15.5 Å². The molecule has 0 spiro atoms. The minimum Gasteiger partial charge on any atom is -0.416 e. The number of aromatic nitrogens is 2. The zero-order chi connectivity index (χ0) is 15.4. The van der Waals surface area contributed by atoms with Crippen LogP contribution < -0.4 is 5.32 Å². The lowest BCUT2D eigenvalue weighted by Crippen LogP contribution is -2.27. The van der Waals surface area contributed by atoms with Crippen LogP contribution in [0.1, 0.15) is 30.2 Å². The number of nitrogens with zero attached hydrogens (tertiary/aromatic N) is 2. The van der Waals surface area contributed by atoms with Crippen LogP contribution in [0.25, 0.3) is 0 Å². The van der Waals surface area contributed by atoms with Gasteiger partial charge in [0.05, 0.1) is 5.75 Å². The molecule has 1 fully saturated rings. The van der Waals surface area contributed by atoms with Gasteiger partial charge >= 0.3 is 0 Å². The fourth-order valence-electron chi connectivity index (χ4n) is 1.95. The fraction of sp³-hybridized carbons (Fsp3) is 0.400. The van der Waals surface area contributed by atoms with Crippen LogP contribution in [0.4, 0.5) is 4.39 Å². The Hall–Kier alpha value is -1.89. The van der Waals surface area contributed by atoms with E-state index in [1.165, 1.54) is 23.9 Å². The Balaban J connectivity index is 1.35. The van der Waals surface area contributed by atoms with Gasteiger partial charge in [-0.3, -0.25) is 4.79 Å². The van der Waals surface area contributed by atoms with Gasteiger partial charge in [-0.15, -0.1) is 10.2 Å². The van der Waals surface area contributed by atoms with Crippen molar-refractivity contribution in [2.24, 2.45) is 0 Å². The molecular formula is C15H16FN3O2S. The Morgan fingerprint density at radius 1 is 1.32 bits per heavy atom. The summed E-state index contributed by atoms with van der Waals surface area (Å²) in [5.41, 5.74) is 0.986. The van der Waals surface area contributed by atoms with Crippen LogP contribution in [0.15, 0.2) is 33.9 Å². The summed E-state index contributed by atoms with van der Waals surface area (Å²) < 4.78 is 18.2. The largest absolute Gasteiger partial charge is 0.416 e. The van der Waals surface area contributed by atoms with Gasteiger partial charge in [-0.05, 0) is 37.0 Å². The van der Waals surface area contributed by atoms with E-state index < -0.39 is 0 Å². The van der Waals surface area contributed by atoms with Crippen LogP contribution in [-0.4, -0.2) is 28.4 Å². The average Bonchev–Trinajstić information content (AvgIpc) is 3.26. The third kappa shape index (κ3) is 4.30. The van der Waals surface area contributed by atoms with Crippen molar-refractivity contribution >= 4 is 17.7 Å². The van der Waals surface area contributed by atoms with Crippen LogP contribution in [0.3, 0.4) is 0 Å². The highest BCUT2D eigenvalue weighted by atomic mass is 32.2. The van der Waals surface area contributed by atoms with E-state index >= 15 is 0 Å². The van der Waals surface area contributed by atoms with Crippen molar-refractivity contribution in [1.82, 2.24) is 15.5 Å². The third-order valence-corrected chi connectivity index (χ3v) is 4.14. The minimum absolute atomic E-state index is 0.0849. The second-order valence-electron chi connectivity index (χ2n) is 5.20. The molecule has 116 valence electrons. The van der Waals surface area contributed by atoms with Crippen molar-refractivity contribution < 1.29 is 13.6 Å². The fourth-order valence-corrected chi connectivity index (χ4v) is 2.55. The first kappa shape index (κ1) is 15.0. The topological polar surface area (TPSA) is 68.0 Å². The van der Waals surface area contributed by atoms with Crippen molar-refractivity contribution in [3.05, 3.63) is 41.5 Å². The summed E-state index contributed by atoms with van der Waals surface area (Å²) >= 11 is 1.24. The highest BCUT2D eigenvalue weighted by molar-refractivity contribution is 7.99. The Kier molecular flexibility index (Phi) is 4.72. The van der Waals surface area contributed by atoms with E-state index in [1.54, 1.807) is 12.1 Å². The quantitative estimate of drug-likeness (QED) is 0.794. The van der Waals surface area contributed by atoms with Gasteiger partial charge in [0.15, 0.2) is 0 Å². The van der Waals surface area contributed by atoms with Gasteiger partial charge in [-0.2, -0.15) is 0 Å². The molecule has 1 aliphatic carbocycles. The Morgan fingerprint density at radius 3 is 2.82 bits per heavy atom. The van der Waals surface area contributed by atoms with E-state index in [0.29, 0.717) is 30.0 Å². The standard InChI is InChI=1S/C15H16FN3O2S/c16-12-5-1-10(2-6-12)7-8-17-13(20)9-22-15-19-18-14(21-15)11-3-4-11/h1-2,5-6,11H,3-4,7-9H2,(H,17,20). The maximum absolute atomic E-state index is 12.8. The van der Waals surface area contributed by atoms with E-state index in [-0.39, 0.29) is 17.5 Å². The molecule has 0 atom stereocenters. The minimum atomic E-state index is -0.255. The SMILES string of the molecule is O=C(CSc1nnc(C2CC2)o1)NCCc1ccc(F)cc1. The lowest BCUT2D eigenvalue weighted by atomic mass is 10.1. The second-order valence-corrected chi connectivity index (χ2v) is 6.12. The molecule has 1 aliphatic rings. The van der Waals surface area contributed by atoms with Crippen LogP contribution in [0, 0.1) is 5.82 Å². The zero-order valence-corrected chi connectivity index (χ0v) is 12.7.